The summed E-state index contributed by atoms with van der Waals surface area (Å²) < 4.78 is 13.1. The van der Waals surface area contributed by atoms with E-state index in [-0.39, 0.29) is 5.82 Å². The Balaban J connectivity index is 1.81. The quantitative estimate of drug-likeness (QED) is 0.779. The minimum atomic E-state index is -0.561. The Morgan fingerprint density at radius 2 is 2.16 bits per heavy atom. The van der Waals surface area contributed by atoms with Crippen molar-refractivity contribution in [2.75, 3.05) is 19.6 Å². The van der Waals surface area contributed by atoms with Gasteiger partial charge in [-0.15, -0.1) is 0 Å². The van der Waals surface area contributed by atoms with Gasteiger partial charge in [0.25, 0.3) is 0 Å². The Morgan fingerprint density at radius 3 is 2.79 bits per heavy atom. The van der Waals surface area contributed by atoms with E-state index >= 15 is 0 Å². The van der Waals surface area contributed by atoms with Gasteiger partial charge in [-0.3, -0.25) is 0 Å². The molecule has 0 aromatic heterocycles. The molecule has 1 aliphatic rings. The van der Waals surface area contributed by atoms with Crippen molar-refractivity contribution in [2.24, 2.45) is 5.92 Å². The Morgan fingerprint density at radius 1 is 1.37 bits per heavy atom. The van der Waals surface area contributed by atoms with Gasteiger partial charge in [-0.1, -0.05) is 19.1 Å². The van der Waals surface area contributed by atoms with Crippen LogP contribution in [0.5, 0.6) is 0 Å². The summed E-state index contributed by atoms with van der Waals surface area (Å²) >= 11 is 0. The molecule has 2 rings (SSSR count). The maximum absolute atomic E-state index is 13.1. The smallest absolute Gasteiger partial charge is 0.123 e. The van der Waals surface area contributed by atoms with Crippen LogP contribution in [0.2, 0.25) is 0 Å². The number of benzene rings is 1. The molecule has 1 unspecified atom stereocenters. The van der Waals surface area contributed by atoms with Gasteiger partial charge in [-0.05, 0) is 55.8 Å². The largest absolute Gasteiger partial charge is 0.388 e. The molecule has 0 saturated heterocycles. The standard InChI is InChI=1S/C16H24FNO/c1-2-9-18(12-13-6-7-13)10-8-16(19)14-4-3-5-15(17)11-14/h3-5,11,13,16,19H,2,6-10,12H2,1H3. The van der Waals surface area contributed by atoms with Gasteiger partial charge >= 0.3 is 0 Å². The highest BCUT2D eigenvalue weighted by atomic mass is 19.1. The lowest BCUT2D eigenvalue weighted by atomic mass is 10.1. The van der Waals surface area contributed by atoms with Crippen molar-refractivity contribution in [1.29, 1.82) is 0 Å². The summed E-state index contributed by atoms with van der Waals surface area (Å²) in [5, 5.41) is 10.1. The third-order valence-corrected chi connectivity index (χ3v) is 3.71. The molecule has 1 fully saturated rings. The number of aliphatic hydroxyl groups is 1. The predicted octanol–water partition coefficient (Wildman–Crippen LogP) is 3.37. The third-order valence-electron chi connectivity index (χ3n) is 3.71. The van der Waals surface area contributed by atoms with Crippen LogP contribution in [0, 0.1) is 11.7 Å². The van der Waals surface area contributed by atoms with Crippen LogP contribution in [0.15, 0.2) is 24.3 Å². The van der Waals surface area contributed by atoms with Crippen LogP contribution < -0.4 is 0 Å². The van der Waals surface area contributed by atoms with Gasteiger partial charge < -0.3 is 10.0 Å². The van der Waals surface area contributed by atoms with Crippen LogP contribution in [0.3, 0.4) is 0 Å². The number of nitrogens with zero attached hydrogens (tertiary/aromatic N) is 1. The van der Waals surface area contributed by atoms with Crippen molar-refractivity contribution < 1.29 is 9.50 Å². The molecule has 0 heterocycles. The molecule has 3 heteroatoms. The molecule has 1 N–H and O–H groups in total. The fourth-order valence-corrected chi connectivity index (χ4v) is 2.46. The SMILES string of the molecule is CCCN(CCC(O)c1cccc(F)c1)CC1CC1. The summed E-state index contributed by atoms with van der Waals surface area (Å²) in [5.41, 5.74) is 0.683. The van der Waals surface area contributed by atoms with Crippen molar-refractivity contribution in [3.05, 3.63) is 35.6 Å². The number of aliphatic hydroxyl groups excluding tert-OH is 1. The highest BCUT2D eigenvalue weighted by molar-refractivity contribution is 5.18. The van der Waals surface area contributed by atoms with Crippen LogP contribution in [0.1, 0.15) is 44.3 Å². The molecular formula is C16H24FNO. The Bertz CT molecular complexity index is 392. The molecule has 19 heavy (non-hydrogen) atoms. The van der Waals surface area contributed by atoms with E-state index in [4.69, 9.17) is 0 Å². The van der Waals surface area contributed by atoms with Crippen LogP contribution in [0.25, 0.3) is 0 Å². The molecule has 1 saturated carbocycles. The molecule has 0 spiro atoms. The second kappa shape index (κ2) is 7.01. The van der Waals surface area contributed by atoms with Gasteiger partial charge in [0.2, 0.25) is 0 Å². The molecule has 1 aliphatic carbocycles. The summed E-state index contributed by atoms with van der Waals surface area (Å²) in [6.07, 6.45) is 3.97. The first-order valence-corrected chi connectivity index (χ1v) is 7.35. The van der Waals surface area contributed by atoms with E-state index in [9.17, 15) is 9.50 Å². The van der Waals surface area contributed by atoms with Gasteiger partial charge in [0, 0.05) is 13.1 Å². The Labute approximate surface area is 115 Å². The summed E-state index contributed by atoms with van der Waals surface area (Å²) in [5.74, 6) is 0.595. The third kappa shape index (κ3) is 4.92. The van der Waals surface area contributed by atoms with E-state index < -0.39 is 6.10 Å². The molecular weight excluding hydrogens is 241 g/mol. The first-order chi connectivity index (χ1) is 9.19. The number of rotatable bonds is 8. The molecule has 1 aromatic rings. The lowest BCUT2D eigenvalue weighted by Crippen LogP contribution is -2.29. The van der Waals surface area contributed by atoms with E-state index in [1.165, 1.54) is 25.0 Å². The van der Waals surface area contributed by atoms with E-state index in [1.807, 2.05) is 0 Å². The summed E-state index contributed by atoms with van der Waals surface area (Å²) in [4.78, 5) is 2.43. The topological polar surface area (TPSA) is 23.5 Å². The van der Waals surface area contributed by atoms with Crippen molar-refractivity contribution in [2.45, 2.75) is 38.7 Å². The zero-order valence-electron chi connectivity index (χ0n) is 11.7. The van der Waals surface area contributed by atoms with E-state index in [0.717, 1.165) is 32.0 Å². The molecule has 106 valence electrons. The minimum Gasteiger partial charge on any atom is -0.388 e. The maximum Gasteiger partial charge on any atom is 0.123 e. The fraction of sp³-hybridized carbons (Fsp3) is 0.625. The lowest BCUT2D eigenvalue weighted by Gasteiger charge is -2.23. The zero-order valence-corrected chi connectivity index (χ0v) is 11.7. The maximum atomic E-state index is 13.1. The molecule has 0 bridgehead atoms. The molecule has 0 aliphatic heterocycles. The number of hydrogen-bond acceptors (Lipinski definition) is 2. The summed E-state index contributed by atoms with van der Waals surface area (Å²) in [6, 6.07) is 6.28. The van der Waals surface area contributed by atoms with Gasteiger partial charge in [-0.2, -0.15) is 0 Å². The number of halogens is 1. The highest BCUT2D eigenvalue weighted by Gasteiger charge is 2.24. The second-order valence-electron chi connectivity index (χ2n) is 5.60. The molecule has 1 aromatic carbocycles. The van der Waals surface area contributed by atoms with Crippen molar-refractivity contribution >= 4 is 0 Å². The van der Waals surface area contributed by atoms with Crippen LogP contribution in [0.4, 0.5) is 4.39 Å². The van der Waals surface area contributed by atoms with E-state index in [1.54, 1.807) is 12.1 Å². The van der Waals surface area contributed by atoms with Crippen molar-refractivity contribution in [3.8, 4) is 0 Å². The van der Waals surface area contributed by atoms with Crippen molar-refractivity contribution in [3.63, 3.8) is 0 Å². The van der Waals surface area contributed by atoms with Crippen molar-refractivity contribution in [1.82, 2.24) is 4.90 Å². The van der Waals surface area contributed by atoms with Gasteiger partial charge in [0.15, 0.2) is 0 Å². The fourth-order valence-electron chi connectivity index (χ4n) is 2.46. The highest BCUT2D eigenvalue weighted by Crippen LogP contribution is 2.30. The molecule has 0 amide bonds. The first-order valence-electron chi connectivity index (χ1n) is 7.35. The molecule has 2 nitrogen and oxygen atoms in total. The molecule has 1 atom stereocenters. The predicted molar refractivity (Wildman–Crippen MR) is 75.4 cm³/mol. The summed E-state index contributed by atoms with van der Waals surface area (Å²) in [6.45, 7) is 5.32. The van der Waals surface area contributed by atoms with Crippen LogP contribution in [-0.2, 0) is 0 Å². The Hall–Kier alpha value is -0.930. The molecule has 0 radical (unpaired) electrons. The van der Waals surface area contributed by atoms with Crippen LogP contribution >= 0.6 is 0 Å². The van der Waals surface area contributed by atoms with E-state index in [2.05, 4.69) is 11.8 Å². The van der Waals surface area contributed by atoms with E-state index in [0.29, 0.717) is 12.0 Å². The van der Waals surface area contributed by atoms with Gasteiger partial charge in [-0.25, -0.2) is 4.39 Å². The average molecular weight is 265 g/mol. The van der Waals surface area contributed by atoms with Gasteiger partial charge in [0.1, 0.15) is 5.82 Å². The number of hydrogen-bond donors (Lipinski definition) is 1. The lowest BCUT2D eigenvalue weighted by molar-refractivity contribution is 0.139. The Kier molecular flexibility index (Phi) is 5.34. The monoisotopic (exact) mass is 265 g/mol. The summed E-state index contributed by atoms with van der Waals surface area (Å²) in [7, 11) is 0. The van der Waals surface area contributed by atoms with Gasteiger partial charge in [0.05, 0.1) is 6.10 Å². The minimum absolute atomic E-state index is 0.278. The normalized spacial score (nSPS) is 16.8. The van der Waals surface area contributed by atoms with Crippen LogP contribution in [-0.4, -0.2) is 29.6 Å². The first kappa shape index (κ1) is 14.5. The second-order valence-corrected chi connectivity index (χ2v) is 5.60. The zero-order chi connectivity index (χ0) is 13.7. The average Bonchev–Trinajstić information content (AvgIpc) is 3.20.